The molecular weight excluding hydrogens is 385 g/mol. The first-order chi connectivity index (χ1) is 13.3. The maximum atomic E-state index is 14.5. The van der Waals surface area contributed by atoms with Gasteiger partial charge in [-0.25, -0.2) is 12.8 Å². The van der Waals surface area contributed by atoms with E-state index < -0.39 is 21.6 Å². The average molecular weight is 407 g/mol. The number of anilines is 1. The summed E-state index contributed by atoms with van der Waals surface area (Å²) < 4.78 is 49.4. The van der Waals surface area contributed by atoms with Gasteiger partial charge >= 0.3 is 0 Å². The summed E-state index contributed by atoms with van der Waals surface area (Å²) in [7, 11) is -2.16. The molecule has 3 rings (SSSR count). The number of rotatable bonds is 6. The van der Waals surface area contributed by atoms with Gasteiger partial charge < -0.3 is 14.8 Å². The lowest BCUT2D eigenvalue weighted by molar-refractivity contribution is 0.102. The van der Waals surface area contributed by atoms with Crippen molar-refractivity contribution in [2.75, 3.05) is 18.7 Å². The van der Waals surface area contributed by atoms with Crippen molar-refractivity contribution in [3.8, 4) is 11.5 Å². The van der Waals surface area contributed by atoms with Crippen LogP contribution in [0.15, 0.2) is 41.3 Å². The molecule has 2 aromatic rings. The van der Waals surface area contributed by atoms with Gasteiger partial charge in [-0.3, -0.25) is 4.79 Å². The lowest BCUT2D eigenvalue weighted by Gasteiger charge is -2.17. The molecule has 150 valence electrons. The number of benzene rings is 2. The van der Waals surface area contributed by atoms with E-state index in [9.17, 15) is 17.6 Å². The number of carbonyl (C=O) groups is 1. The number of carbonyl (C=O) groups excluding carboxylic acids is 1. The van der Waals surface area contributed by atoms with E-state index in [0.717, 1.165) is 38.0 Å². The highest BCUT2D eigenvalue weighted by molar-refractivity contribution is 7.90. The third-order valence-electron chi connectivity index (χ3n) is 4.63. The zero-order valence-corrected chi connectivity index (χ0v) is 16.5. The van der Waals surface area contributed by atoms with Gasteiger partial charge in [-0.1, -0.05) is 12.1 Å². The summed E-state index contributed by atoms with van der Waals surface area (Å²) in [6, 6.07) is 8.36. The molecule has 0 heterocycles. The summed E-state index contributed by atoms with van der Waals surface area (Å²) in [6.45, 7) is 0. The zero-order chi connectivity index (χ0) is 20.3. The molecule has 28 heavy (non-hydrogen) atoms. The van der Waals surface area contributed by atoms with E-state index in [1.165, 1.54) is 25.3 Å². The van der Waals surface area contributed by atoms with E-state index in [0.29, 0.717) is 0 Å². The Hall–Kier alpha value is -2.61. The second-order valence-electron chi connectivity index (χ2n) is 6.73. The van der Waals surface area contributed by atoms with Crippen molar-refractivity contribution in [3.63, 3.8) is 0 Å². The Balaban J connectivity index is 1.91. The Morgan fingerprint density at radius 1 is 1.14 bits per heavy atom. The standard InChI is InChI=1S/C20H22FNO5S/c1-26-17-12-15(21)14(11-18(17)27-13-7-3-4-8-13)20(23)22-16-9-5-6-10-19(16)28(2,24)25/h5-6,9-13H,3-4,7-8H2,1-2H3,(H,22,23). The second kappa shape index (κ2) is 8.18. The van der Waals surface area contributed by atoms with Gasteiger partial charge in [-0.15, -0.1) is 0 Å². The van der Waals surface area contributed by atoms with Crippen molar-refractivity contribution in [1.29, 1.82) is 0 Å². The van der Waals surface area contributed by atoms with Gasteiger partial charge in [0.2, 0.25) is 0 Å². The normalized spacial score (nSPS) is 14.7. The third-order valence-corrected chi connectivity index (χ3v) is 5.78. The maximum absolute atomic E-state index is 14.5. The number of hydrogen-bond donors (Lipinski definition) is 1. The molecule has 1 N–H and O–H groups in total. The van der Waals surface area contributed by atoms with Gasteiger partial charge in [-0.05, 0) is 43.9 Å². The lowest BCUT2D eigenvalue weighted by Crippen LogP contribution is -2.17. The van der Waals surface area contributed by atoms with Crippen LogP contribution in [0, 0.1) is 5.82 Å². The molecule has 0 bridgehead atoms. The maximum Gasteiger partial charge on any atom is 0.258 e. The van der Waals surface area contributed by atoms with Crippen LogP contribution in [0.25, 0.3) is 0 Å². The van der Waals surface area contributed by atoms with Crippen LogP contribution in [0.3, 0.4) is 0 Å². The van der Waals surface area contributed by atoms with E-state index in [1.807, 2.05) is 0 Å². The van der Waals surface area contributed by atoms with Crippen molar-refractivity contribution in [1.82, 2.24) is 0 Å². The number of halogens is 1. The number of amides is 1. The first-order valence-corrected chi connectivity index (χ1v) is 10.8. The smallest absolute Gasteiger partial charge is 0.258 e. The molecule has 2 aromatic carbocycles. The van der Waals surface area contributed by atoms with Crippen LogP contribution in [0.2, 0.25) is 0 Å². The molecule has 0 spiro atoms. The van der Waals surface area contributed by atoms with Crippen molar-refractivity contribution in [2.45, 2.75) is 36.7 Å². The third kappa shape index (κ3) is 4.44. The van der Waals surface area contributed by atoms with Crippen molar-refractivity contribution < 1.29 is 27.1 Å². The van der Waals surface area contributed by atoms with Crippen molar-refractivity contribution in [2.24, 2.45) is 0 Å². The largest absolute Gasteiger partial charge is 0.493 e. The molecule has 8 heteroatoms. The predicted octanol–water partition coefficient (Wildman–Crippen LogP) is 3.81. The Kier molecular flexibility index (Phi) is 5.88. The van der Waals surface area contributed by atoms with E-state index in [4.69, 9.17) is 9.47 Å². The number of para-hydroxylation sites is 1. The van der Waals surface area contributed by atoms with Crippen LogP contribution in [0.1, 0.15) is 36.0 Å². The molecule has 0 radical (unpaired) electrons. The number of sulfone groups is 1. The SMILES string of the molecule is COc1cc(F)c(C(=O)Nc2ccccc2S(C)(=O)=O)cc1OC1CCCC1. The Labute approximate surface area is 163 Å². The van der Waals surface area contributed by atoms with Crippen LogP contribution in [0.4, 0.5) is 10.1 Å². The number of ether oxygens (including phenoxy) is 2. The molecule has 1 fully saturated rings. The molecule has 1 aliphatic rings. The van der Waals surface area contributed by atoms with Gasteiger partial charge in [0.25, 0.3) is 5.91 Å². The zero-order valence-electron chi connectivity index (χ0n) is 15.7. The first-order valence-electron chi connectivity index (χ1n) is 8.94. The number of methoxy groups -OCH3 is 1. The van der Waals surface area contributed by atoms with Crippen molar-refractivity contribution in [3.05, 3.63) is 47.8 Å². The Morgan fingerprint density at radius 3 is 2.46 bits per heavy atom. The van der Waals surface area contributed by atoms with E-state index >= 15 is 0 Å². The molecule has 1 aliphatic carbocycles. The molecule has 0 aromatic heterocycles. The minimum absolute atomic E-state index is 0.00114. The number of nitrogens with one attached hydrogen (secondary N) is 1. The lowest BCUT2D eigenvalue weighted by atomic mass is 10.1. The first kappa shape index (κ1) is 20.1. The molecule has 0 unspecified atom stereocenters. The van der Waals surface area contributed by atoms with Crippen LogP contribution in [-0.4, -0.2) is 33.8 Å². The van der Waals surface area contributed by atoms with E-state index in [1.54, 1.807) is 12.1 Å². The summed E-state index contributed by atoms with van der Waals surface area (Å²) in [6.07, 6.45) is 4.95. The fourth-order valence-corrected chi connectivity index (χ4v) is 4.07. The molecular formula is C20H22FNO5S. The van der Waals surface area contributed by atoms with E-state index in [-0.39, 0.29) is 33.7 Å². The predicted molar refractivity (Wildman–Crippen MR) is 103 cm³/mol. The van der Waals surface area contributed by atoms with Crippen LogP contribution < -0.4 is 14.8 Å². The fraction of sp³-hybridized carbons (Fsp3) is 0.350. The van der Waals surface area contributed by atoms with Gasteiger partial charge in [0.15, 0.2) is 21.3 Å². The van der Waals surface area contributed by atoms with Gasteiger partial charge in [0.05, 0.1) is 29.4 Å². The summed E-state index contributed by atoms with van der Waals surface area (Å²) in [5.74, 6) is -1.06. The summed E-state index contributed by atoms with van der Waals surface area (Å²) in [4.78, 5) is 12.6. The number of hydrogen-bond acceptors (Lipinski definition) is 5. The fourth-order valence-electron chi connectivity index (χ4n) is 3.23. The molecule has 0 saturated heterocycles. The topological polar surface area (TPSA) is 81.7 Å². The van der Waals surface area contributed by atoms with Crippen LogP contribution in [-0.2, 0) is 9.84 Å². The molecule has 0 atom stereocenters. The van der Waals surface area contributed by atoms with Crippen LogP contribution >= 0.6 is 0 Å². The Bertz CT molecular complexity index is 984. The minimum atomic E-state index is -3.56. The summed E-state index contributed by atoms with van der Waals surface area (Å²) in [5, 5.41) is 2.48. The highest BCUT2D eigenvalue weighted by Gasteiger charge is 2.23. The summed E-state index contributed by atoms with van der Waals surface area (Å²) in [5.41, 5.74) is -0.166. The highest BCUT2D eigenvalue weighted by atomic mass is 32.2. The molecule has 1 amide bonds. The second-order valence-corrected chi connectivity index (χ2v) is 8.71. The monoisotopic (exact) mass is 407 g/mol. The summed E-state index contributed by atoms with van der Waals surface area (Å²) >= 11 is 0. The average Bonchev–Trinajstić information content (AvgIpc) is 3.15. The van der Waals surface area contributed by atoms with Gasteiger partial charge in [-0.2, -0.15) is 0 Å². The van der Waals surface area contributed by atoms with Gasteiger partial charge in [0.1, 0.15) is 5.82 Å². The molecule has 6 nitrogen and oxygen atoms in total. The highest BCUT2D eigenvalue weighted by Crippen LogP contribution is 2.34. The quantitative estimate of drug-likeness (QED) is 0.787. The molecule has 0 aliphatic heterocycles. The van der Waals surface area contributed by atoms with Crippen LogP contribution in [0.5, 0.6) is 11.5 Å². The van der Waals surface area contributed by atoms with Gasteiger partial charge in [0, 0.05) is 12.3 Å². The Morgan fingerprint density at radius 2 is 1.82 bits per heavy atom. The minimum Gasteiger partial charge on any atom is -0.493 e. The van der Waals surface area contributed by atoms with E-state index in [2.05, 4.69) is 5.32 Å². The molecule has 1 saturated carbocycles. The van der Waals surface area contributed by atoms with Crippen molar-refractivity contribution >= 4 is 21.4 Å².